The van der Waals surface area contributed by atoms with E-state index in [0.29, 0.717) is 11.1 Å². The number of carbonyl (C=O) groups excluding carboxylic acids is 1. The highest BCUT2D eigenvalue weighted by Crippen LogP contribution is 2.12. The highest BCUT2D eigenvalue weighted by Gasteiger charge is 2.10. The van der Waals surface area contributed by atoms with E-state index in [1.165, 1.54) is 6.92 Å². The van der Waals surface area contributed by atoms with Crippen molar-refractivity contribution in [2.24, 2.45) is 5.73 Å². The second-order valence-corrected chi connectivity index (χ2v) is 2.83. The molecule has 0 aliphatic rings. The molecule has 0 fully saturated rings. The van der Waals surface area contributed by atoms with E-state index in [2.05, 4.69) is 0 Å². The molecule has 13 heavy (non-hydrogen) atoms. The van der Waals surface area contributed by atoms with Gasteiger partial charge in [0.1, 0.15) is 0 Å². The quantitative estimate of drug-likeness (QED) is 0.731. The van der Waals surface area contributed by atoms with Crippen molar-refractivity contribution in [2.75, 3.05) is 0 Å². The molecule has 1 unspecified atom stereocenters. The molecule has 0 heterocycles. The topological polar surface area (TPSA) is 66.9 Å². The van der Waals surface area contributed by atoms with E-state index in [4.69, 9.17) is 11.0 Å². The normalized spacial score (nSPS) is 11.8. The lowest BCUT2D eigenvalue weighted by atomic mass is 10.0. The third-order valence-electron chi connectivity index (χ3n) is 1.81. The zero-order valence-corrected chi connectivity index (χ0v) is 7.32. The van der Waals surface area contributed by atoms with Gasteiger partial charge in [-0.15, -0.1) is 0 Å². The largest absolute Gasteiger partial charge is 0.318 e. The van der Waals surface area contributed by atoms with Crippen LogP contribution in [0, 0.1) is 11.3 Å². The highest BCUT2D eigenvalue weighted by atomic mass is 16.1. The van der Waals surface area contributed by atoms with Gasteiger partial charge in [-0.25, -0.2) is 0 Å². The van der Waals surface area contributed by atoms with Crippen molar-refractivity contribution in [2.45, 2.75) is 13.0 Å². The van der Waals surface area contributed by atoms with Gasteiger partial charge in [-0.2, -0.15) is 5.26 Å². The number of hydrogen-bond donors (Lipinski definition) is 1. The molecule has 3 heteroatoms. The van der Waals surface area contributed by atoms with E-state index in [-0.39, 0.29) is 5.78 Å². The summed E-state index contributed by atoms with van der Waals surface area (Å²) in [6.07, 6.45) is 0. The summed E-state index contributed by atoms with van der Waals surface area (Å²) in [5.41, 5.74) is 6.81. The molecule has 66 valence electrons. The maximum atomic E-state index is 10.9. The first-order valence-electron chi connectivity index (χ1n) is 3.91. The summed E-state index contributed by atoms with van der Waals surface area (Å²) in [6, 6.07) is 8.15. The molecule has 0 spiro atoms. The van der Waals surface area contributed by atoms with Gasteiger partial charge in [-0.1, -0.05) is 12.1 Å². The summed E-state index contributed by atoms with van der Waals surface area (Å²) < 4.78 is 0. The zero-order chi connectivity index (χ0) is 9.84. The first kappa shape index (κ1) is 9.43. The number of nitriles is 1. The number of hydrogen-bond acceptors (Lipinski definition) is 3. The zero-order valence-electron chi connectivity index (χ0n) is 7.32. The van der Waals surface area contributed by atoms with Crippen molar-refractivity contribution in [3.8, 4) is 6.07 Å². The van der Waals surface area contributed by atoms with Crippen LogP contribution >= 0.6 is 0 Å². The Morgan fingerprint density at radius 2 is 2.31 bits per heavy atom. The first-order valence-corrected chi connectivity index (χ1v) is 3.91. The summed E-state index contributed by atoms with van der Waals surface area (Å²) in [4.78, 5) is 10.9. The summed E-state index contributed by atoms with van der Waals surface area (Å²) in [7, 11) is 0. The number of nitrogens with two attached hydrogens (primary N) is 1. The van der Waals surface area contributed by atoms with Crippen LogP contribution in [-0.2, 0) is 4.79 Å². The van der Waals surface area contributed by atoms with E-state index in [9.17, 15) is 4.79 Å². The number of carbonyl (C=O) groups is 1. The van der Waals surface area contributed by atoms with Crippen molar-refractivity contribution < 1.29 is 4.79 Å². The number of rotatable bonds is 2. The molecule has 2 N–H and O–H groups in total. The Balaban J connectivity index is 3.03. The van der Waals surface area contributed by atoms with Crippen LogP contribution in [0.4, 0.5) is 0 Å². The molecular weight excluding hydrogens is 164 g/mol. The first-order chi connectivity index (χ1) is 6.15. The third-order valence-corrected chi connectivity index (χ3v) is 1.81. The number of Topliss-reactive ketones (excluding diaryl/α,β-unsaturated/α-hetero) is 1. The molecular formula is C10H10N2O. The van der Waals surface area contributed by atoms with Crippen LogP contribution in [-0.4, -0.2) is 5.78 Å². The average Bonchev–Trinajstić information content (AvgIpc) is 2.16. The molecule has 0 aliphatic carbocycles. The second-order valence-electron chi connectivity index (χ2n) is 2.83. The molecule has 0 bridgehead atoms. The van der Waals surface area contributed by atoms with Crippen molar-refractivity contribution in [1.82, 2.24) is 0 Å². The van der Waals surface area contributed by atoms with Gasteiger partial charge in [-0.05, 0) is 24.6 Å². The molecule has 0 aromatic heterocycles. The summed E-state index contributed by atoms with van der Waals surface area (Å²) in [5, 5.41) is 8.61. The lowest BCUT2D eigenvalue weighted by Gasteiger charge is -2.07. The molecule has 0 amide bonds. The molecule has 0 saturated carbocycles. The van der Waals surface area contributed by atoms with E-state index in [1.807, 2.05) is 6.07 Å². The molecule has 0 radical (unpaired) electrons. The Labute approximate surface area is 76.8 Å². The van der Waals surface area contributed by atoms with E-state index in [0.717, 1.165) is 0 Å². The minimum absolute atomic E-state index is 0.102. The Morgan fingerprint density at radius 1 is 1.62 bits per heavy atom. The fourth-order valence-electron chi connectivity index (χ4n) is 1.04. The molecule has 1 atom stereocenters. The number of nitrogens with zero attached hydrogens (tertiary/aromatic N) is 1. The summed E-state index contributed by atoms with van der Waals surface area (Å²) in [5.74, 6) is -0.102. The summed E-state index contributed by atoms with van der Waals surface area (Å²) in [6.45, 7) is 1.43. The molecule has 3 nitrogen and oxygen atoms in total. The summed E-state index contributed by atoms with van der Waals surface area (Å²) >= 11 is 0. The predicted octanol–water partition coefficient (Wildman–Crippen LogP) is 1.15. The fourth-order valence-corrected chi connectivity index (χ4v) is 1.04. The van der Waals surface area contributed by atoms with Crippen LogP contribution in [0.5, 0.6) is 0 Å². The molecule has 1 rings (SSSR count). The maximum Gasteiger partial charge on any atom is 0.150 e. The van der Waals surface area contributed by atoms with Gasteiger partial charge in [0.15, 0.2) is 5.78 Å². The number of ketones is 1. The van der Waals surface area contributed by atoms with E-state index in [1.54, 1.807) is 24.3 Å². The standard InChI is InChI=1S/C10H10N2O/c1-7(13)10(12)9-4-2-3-8(5-9)6-11/h2-5,10H,12H2,1H3. The SMILES string of the molecule is CC(=O)C(N)c1cccc(C#N)c1. The van der Waals surface area contributed by atoms with Crippen LogP contribution in [0.3, 0.4) is 0 Å². The van der Waals surface area contributed by atoms with Gasteiger partial charge in [-0.3, -0.25) is 4.79 Å². The van der Waals surface area contributed by atoms with Crippen molar-refractivity contribution in [3.63, 3.8) is 0 Å². The van der Waals surface area contributed by atoms with Gasteiger partial charge < -0.3 is 5.73 Å². The van der Waals surface area contributed by atoms with Crippen molar-refractivity contribution in [3.05, 3.63) is 35.4 Å². The highest BCUT2D eigenvalue weighted by molar-refractivity contribution is 5.82. The van der Waals surface area contributed by atoms with Gasteiger partial charge in [0.2, 0.25) is 0 Å². The Kier molecular flexibility index (Phi) is 2.78. The predicted molar refractivity (Wildman–Crippen MR) is 48.8 cm³/mol. The number of benzene rings is 1. The van der Waals surface area contributed by atoms with Crippen molar-refractivity contribution in [1.29, 1.82) is 5.26 Å². The smallest absolute Gasteiger partial charge is 0.150 e. The fraction of sp³-hybridized carbons (Fsp3) is 0.200. The van der Waals surface area contributed by atoms with Gasteiger partial charge in [0.25, 0.3) is 0 Å². The van der Waals surface area contributed by atoms with Gasteiger partial charge in [0, 0.05) is 0 Å². The average molecular weight is 174 g/mol. The Hall–Kier alpha value is -1.66. The lowest BCUT2D eigenvalue weighted by molar-refractivity contribution is -0.118. The van der Waals surface area contributed by atoms with Gasteiger partial charge in [0.05, 0.1) is 17.7 Å². The molecule has 0 saturated heterocycles. The minimum atomic E-state index is -0.617. The Bertz CT molecular complexity index is 365. The Morgan fingerprint density at radius 3 is 2.85 bits per heavy atom. The van der Waals surface area contributed by atoms with Crippen molar-refractivity contribution >= 4 is 5.78 Å². The molecule has 1 aromatic carbocycles. The second kappa shape index (κ2) is 3.83. The van der Waals surface area contributed by atoms with Crippen LogP contribution in [0.2, 0.25) is 0 Å². The van der Waals surface area contributed by atoms with Crippen LogP contribution in [0.1, 0.15) is 24.1 Å². The minimum Gasteiger partial charge on any atom is -0.318 e. The third kappa shape index (κ3) is 2.14. The van der Waals surface area contributed by atoms with Crippen LogP contribution in [0.15, 0.2) is 24.3 Å². The van der Waals surface area contributed by atoms with E-state index < -0.39 is 6.04 Å². The monoisotopic (exact) mass is 174 g/mol. The van der Waals surface area contributed by atoms with Crippen LogP contribution < -0.4 is 5.73 Å². The molecule has 0 aliphatic heterocycles. The maximum absolute atomic E-state index is 10.9. The molecule has 1 aromatic rings. The van der Waals surface area contributed by atoms with Crippen LogP contribution in [0.25, 0.3) is 0 Å². The van der Waals surface area contributed by atoms with Gasteiger partial charge >= 0.3 is 0 Å². The lowest BCUT2D eigenvalue weighted by Crippen LogP contribution is -2.18. The van der Waals surface area contributed by atoms with E-state index >= 15 is 0 Å².